The van der Waals surface area contributed by atoms with Crippen molar-refractivity contribution >= 4 is 27.7 Å². The van der Waals surface area contributed by atoms with Crippen LogP contribution in [0.2, 0.25) is 0 Å². The van der Waals surface area contributed by atoms with Gasteiger partial charge in [0, 0.05) is 32.6 Å². The molecule has 1 aromatic carbocycles. The molecule has 26 heavy (non-hydrogen) atoms. The van der Waals surface area contributed by atoms with E-state index in [1.807, 2.05) is 4.90 Å². The molecule has 2 aromatic rings. The van der Waals surface area contributed by atoms with Crippen LogP contribution in [0.5, 0.6) is 0 Å². The molecule has 138 valence electrons. The smallest absolute Gasteiger partial charge is 0.289 e. The first-order chi connectivity index (χ1) is 12.5. The highest BCUT2D eigenvalue weighted by atomic mass is 79.9. The van der Waals surface area contributed by atoms with Crippen molar-refractivity contribution in [2.75, 3.05) is 26.2 Å². The number of aryl methyl sites for hydroxylation is 2. The number of carbonyl (C=O) groups excluding carboxylic acids is 2. The Balaban J connectivity index is 1.52. The fourth-order valence-corrected chi connectivity index (χ4v) is 3.43. The summed E-state index contributed by atoms with van der Waals surface area (Å²) in [6.45, 7) is 4.49. The zero-order valence-electron chi connectivity index (χ0n) is 14.9. The van der Waals surface area contributed by atoms with Crippen LogP contribution in [0.1, 0.15) is 34.5 Å². The molecule has 0 spiro atoms. The van der Waals surface area contributed by atoms with E-state index in [0.29, 0.717) is 43.0 Å². The normalized spacial score (nSPS) is 15.0. The molecule has 0 saturated carbocycles. The number of furan rings is 1. The number of rotatable bonds is 4. The molecule has 2 amide bonds. The number of nitrogens with zero attached hydrogens (tertiary/aromatic N) is 2. The predicted molar refractivity (Wildman–Crippen MR) is 103 cm³/mol. The standard InChI is InChI=1S/C20H23BrN2O3/c1-15-3-5-16(6-4-15)7-10-19(24)22-11-2-12-23(14-13-22)20(25)17-8-9-18(21)26-17/h3-6,8-9H,2,7,10-14H2,1H3. The Bertz CT molecular complexity index is 770. The summed E-state index contributed by atoms with van der Waals surface area (Å²) in [5.74, 6) is 0.362. The van der Waals surface area contributed by atoms with E-state index in [0.717, 1.165) is 12.8 Å². The van der Waals surface area contributed by atoms with Gasteiger partial charge in [-0.3, -0.25) is 9.59 Å². The van der Waals surface area contributed by atoms with Crippen LogP contribution < -0.4 is 0 Å². The van der Waals surface area contributed by atoms with Crippen LogP contribution in [-0.4, -0.2) is 47.8 Å². The molecule has 1 aliphatic heterocycles. The van der Waals surface area contributed by atoms with Crippen molar-refractivity contribution in [1.82, 2.24) is 9.80 Å². The van der Waals surface area contributed by atoms with Gasteiger partial charge in [0.1, 0.15) is 0 Å². The van der Waals surface area contributed by atoms with E-state index in [1.54, 1.807) is 17.0 Å². The molecule has 1 fully saturated rings. The second kappa shape index (κ2) is 8.54. The minimum atomic E-state index is -0.121. The Morgan fingerprint density at radius 2 is 1.69 bits per heavy atom. The number of benzene rings is 1. The van der Waals surface area contributed by atoms with Crippen molar-refractivity contribution in [2.24, 2.45) is 0 Å². The molecule has 1 aliphatic rings. The van der Waals surface area contributed by atoms with Crippen molar-refractivity contribution in [1.29, 1.82) is 0 Å². The SMILES string of the molecule is Cc1ccc(CCC(=O)N2CCCN(C(=O)c3ccc(Br)o3)CC2)cc1. The maximum atomic E-state index is 12.5. The third-order valence-corrected chi connectivity index (χ3v) is 5.09. The highest BCUT2D eigenvalue weighted by Gasteiger charge is 2.24. The third-order valence-electron chi connectivity index (χ3n) is 4.67. The van der Waals surface area contributed by atoms with Crippen LogP contribution in [0.15, 0.2) is 45.5 Å². The molecule has 1 aromatic heterocycles. The van der Waals surface area contributed by atoms with Crippen LogP contribution in [0.25, 0.3) is 0 Å². The minimum absolute atomic E-state index is 0.121. The first kappa shape index (κ1) is 18.7. The van der Waals surface area contributed by atoms with Gasteiger partial charge in [0.15, 0.2) is 10.4 Å². The molecule has 5 nitrogen and oxygen atoms in total. The number of hydrogen-bond donors (Lipinski definition) is 0. The molecule has 0 N–H and O–H groups in total. The summed E-state index contributed by atoms with van der Waals surface area (Å²) in [6, 6.07) is 11.7. The molecule has 2 heterocycles. The Hall–Kier alpha value is -2.08. The quantitative estimate of drug-likeness (QED) is 0.760. The zero-order valence-corrected chi connectivity index (χ0v) is 16.5. The Labute approximate surface area is 162 Å². The van der Waals surface area contributed by atoms with Gasteiger partial charge in [-0.1, -0.05) is 29.8 Å². The predicted octanol–water partition coefficient (Wildman–Crippen LogP) is 3.66. The van der Waals surface area contributed by atoms with Gasteiger partial charge in [0.05, 0.1) is 0 Å². The highest BCUT2D eigenvalue weighted by molar-refractivity contribution is 9.10. The molecule has 0 atom stereocenters. The molecule has 1 saturated heterocycles. The molecule has 0 radical (unpaired) electrons. The van der Waals surface area contributed by atoms with Gasteiger partial charge < -0.3 is 14.2 Å². The third kappa shape index (κ3) is 4.75. The maximum Gasteiger partial charge on any atom is 0.289 e. The molecular formula is C20H23BrN2O3. The largest absolute Gasteiger partial charge is 0.444 e. The number of halogens is 1. The molecule has 3 rings (SSSR count). The Kier molecular flexibility index (Phi) is 6.14. The summed E-state index contributed by atoms with van der Waals surface area (Å²) in [5, 5.41) is 0. The lowest BCUT2D eigenvalue weighted by Gasteiger charge is -2.21. The van der Waals surface area contributed by atoms with Crippen LogP contribution >= 0.6 is 15.9 Å². The Morgan fingerprint density at radius 1 is 1.00 bits per heavy atom. The van der Waals surface area contributed by atoms with E-state index < -0.39 is 0 Å². The van der Waals surface area contributed by atoms with Gasteiger partial charge in [-0.25, -0.2) is 0 Å². The van der Waals surface area contributed by atoms with Gasteiger partial charge in [0.25, 0.3) is 5.91 Å². The molecule has 0 aliphatic carbocycles. The summed E-state index contributed by atoms with van der Waals surface area (Å²) >= 11 is 3.22. The van der Waals surface area contributed by atoms with Crippen molar-refractivity contribution < 1.29 is 14.0 Å². The molecule has 6 heteroatoms. The van der Waals surface area contributed by atoms with Crippen molar-refractivity contribution in [2.45, 2.75) is 26.2 Å². The minimum Gasteiger partial charge on any atom is -0.444 e. The second-order valence-corrected chi connectivity index (χ2v) is 7.40. The van der Waals surface area contributed by atoms with E-state index in [1.165, 1.54) is 11.1 Å². The molecule has 0 bridgehead atoms. The lowest BCUT2D eigenvalue weighted by atomic mass is 10.1. The fourth-order valence-electron chi connectivity index (χ4n) is 3.12. The van der Waals surface area contributed by atoms with Crippen LogP contribution in [0.3, 0.4) is 0 Å². The van der Waals surface area contributed by atoms with Crippen LogP contribution in [0.4, 0.5) is 0 Å². The monoisotopic (exact) mass is 418 g/mol. The number of carbonyl (C=O) groups is 2. The van der Waals surface area contributed by atoms with Crippen molar-refractivity contribution in [3.05, 3.63) is 58.0 Å². The second-order valence-electron chi connectivity index (χ2n) is 6.62. The Morgan fingerprint density at radius 3 is 2.38 bits per heavy atom. The van der Waals surface area contributed by atoms with Crippen LogP contribution in [0, 0.1) is 6.92 Å². The summed E-state index contributed by atoms with van der Waals surface area (Å²) in [4.78, 5) is 28.7. The van der Waals surface area contributed by atoms with Gasteiger partial charge >= 0.3 is 0 Å². The number of amides is 2. The van der Waals surface area contributed by atoms with Crippen molar-refractivity contribution in [3.8, 4) is 0 Å². The van der Waals surface area contributed by atoms with E-state index in [4.69, 9.17) is 4.42 Å². The average molecular weight is 419 g/mol. The fraction of sp³-hybridized carbons (Fsp3) is 0.400. The highest BCUT2D eigenvalue weighted by Crippen LogP contribution is 2.17. The van der Waals surface area contributed by atoms with Crippen molar-refractivity contribution in [3.63, 3.8) is 0 Å². The summed E-state index contributed by atoms with van der Waals surface area (Å²) < 4.78 is 5.90. The molecule has 0 unspecified atom stereocenters. The molecular weight excluding hydrogens is 396 g/mol. The van der Waals surface area contributed by atoms with Gasteiger partial charge in [0.2, 0.25) is 5.91 Å². The van der Waals surface area contributed by atoms with Gasteiger partial charge in [-0.05, 0) is 53.4 Å². The topological polar surface area (TPSA) is 53.8 Å². The zero-order chi connectivity index (χ0) is 18.5. The van der Waals surface area contributed by atoms with E-state index in [-0.39, 0.29) is 11.8 Å². The summed E-state index contributed by atoms with van der Waals surface area (Å²) in [5.41, 5.74) is 2.40. The van der Waals surface area contributed by atoms with Gasteiger partial charge in [-0.15, -0.1) is 0 Å². The van der Waals surface area contributed by atoms with E-state index >= 15 is 0 Å². The average Bonchev–Trinajstić information content (AvgIpc) is 2.92. The lowest BCUT2D eigenvalue weighted by molar-refractivity contribution is -0.131. The van der Waals surface area contributed by atoms with E-state index in [9.17, 15) is 9.59 Å². The van der Waals surface area contributed by atoms with E-state index in [2.05, 4.69) is 47.1 Å². The summed E-state index contributed by atoms with van der Waals surface area (Å²) in [7, 11) is 0. The van der Waals surface area contributed by atoms with Gasteiger partial charge in [-0.2, -0.15) is 0 Å². The first-order valence-corrected chi connectivity index (χ1v) is 9.70. The maximum absolute atomic E-state index is 12.5. The first-order valence-electron chi connectivity index (χ1n) is 8.91. The van der Waals surface area contributed by atoms with Crippen LogP contribution in [-0.2, 0) is 11.2 Å². The summed E-state index contributed by atoms with van der Waals surface area (Å²) in [6.07, 6.45) is 2.03. The number of hydrogen-bond acceptors (Lipinski definition) is 3. The lowest BCUT2D eigenvalue weighted by Crippen LogP contribution is -2.37.